The second kappa shape index (κ2) is 7.50. The van der Waals surface area contributed by atoms with Gasteiger partial charge in [-0.2, -0.15) is 0 Å². The molecule has 1 rings (SSSR count). The lowest BCUT2D eigenvalue weighted by Gasteiger charge is -2.34. The van der Waals surface area contributed by atoms with Crippen LogP contribution in [0.2, 0.25) is 0 Å². The molecule has 0 saturated heterocycles. The lowest BCUT2D eigenvalue weighted by molar-refractivity contribution is -0.504. The zero-order chi connectivity index (χ0) is 15.2. The molecule has 0 aliphatic rings. The number of hydrogen-bond donors (Lipinski definition) is 0. The molecule has 0 bridgehead atoms. The van der Waals surface area contributed by atoms with E-state index in [-0.39, 0.29) is 17.5 Å². The van der Waals surface area contributed by atoms with Gasteiger partial charge in [-0.15, -0.1) is 0 Å². The van der Waals surface area contributed by atoms with Gasteiger partial charge in [0.1, 0.15) is 0 Å². The fourth-order valence-corrected chi connectivity index (χ4v) is 1.36. The summed E-state index contributed by atoms with van der Waals surface area (Å²) in [6, 6.07) is 6.26. The molecular formula is C12H18N2O6-2. The van der Waals surface area contributed by atoms with Crippen LogP contribution in [0.15, 0.2) is 24.3 Å². The first-order chi connectivity index (χ1) is 9.31. The van der Waals surface area contributed by atoms with Crippen molar-refractivity contribution in [2.75, 3.05) is 12.3 Å². The van der Waals surface area contributed by atoms with Crippen LogP contribution in [0.25, 0.3) is 0 Å². The minimum absolute atomic E-state index is 0.0237. The molecule has 8 nitrogen and oxygen atoms in total. The third-order valence-electron chi connectivity index (χ3n) is 1.97. The zero-order valence-corrected chi connectivity index (χ0v) is 11.9. The first-order valence-electron chi connectivity index (χ1n) is 5.89. The van der Waals surface area contributed by atoms with Gasteiger partial charge >= 0.3 is 0 Å². The van der Waals surface area contributed by atoms with Gasteiger partial charge in [0.15, 0.2) is 0 Å². The summed E-state index contributed by atoms with van der Waals surface area (Å²) in [5.74, 6) is 0. The van der Waals surface area contributed by atoms with E-state index < -0.39 is 5.60 Å². The van der Waals surface area contributed by atoms with Crippen molar-refractivity contribution in [2.45, 2.75) is 32.9 Å². The summed E-state index contributed by atoms with van der Waals surface area (Å²) < 4.78 is 0. The number of anilines is 1. The van der Waals surface area contributed by atoms with Crippen molar-refractivity contribution in [3.63, 3.8) is 0 Å². The van der Waals surface area contributed by atoms with Crippen molar-refractivity contribution >= 4 is 5.69 Å². The minimum atomic E-state index is -0.584. The number of benzene rings is 1. The fourth-order valence-electron chi connectivity index (χ4n) is 1.36. The lowest BCUT2D eigenvalue weighted by atomic mass is 10.2. The summed E-state index contributed by atoms with van der Waals surface area (Å²) in [4.78, 5) is 13.5. The van der Waals surface area contributed by atoms with Crippen molar-refractivity contribution in [3.05, 3.63) is 40.2 Å². The van der Waals surface area contributed by atoms with Crippen LogP contribution in [0.1, 0.15) is 26.3 Å². The van der Waals surface area contributed by atoms with Crippen molar-refractivity contribution in [1.82, 2.24) is 5.23 Å². The monoisotopic (exact) mass is 286 g/mol. The molecule has 8 heteroatoms. The molecule has 0 amide bonds. The SMILES string of the molecule is COOON([O-])c1cccc(CN([O-])OC(C)(C)C)c1. The molecule has 0 aromatic heterocycles. The first kappa shape index (κ1) is 16.8. The van der Waals surface area contributed by atoms with Crippen LogP contribution in [-0.4, -0.2) is 17.9 Å². The Morgan fingerprint density at radius 3 is 2.50 bits per heavy atom. The van der Waals surface area contributed by atoms with E-state index in [0.717, 1.165) is 0 Å². The van der Waals surface area contributed by atoms with Crippen LogP contribution >= 0.6 is 0 Å². The highest BCUT2D eigenvalue weighted by atomic mass is 17.6. The molecule has 1 aromatic carbocycles. The Bertz CT molecular complexity index is 409. The van der Waals surface area contributed by atoms with Crippen LogP contribution in [-0.2, 0) is 26.3 Å². The van der Waals surface area contributed by atoms with Gasteiger partial charge in [-0.05, 0) is 43.5 Å². The maximum Gasteiger partial charge on any atom is 0.0804 e. The Hall–Kier alpha value is -1.26. The average molecular weight is 286 g/mol. The second-order valence-electron chi connectivity index (χ2n) is 4.93. The average Bonchev–Trinajstić information content (AvgIpc) is 2.33. The quantitative estimate of drug-likeness (QED) is 0.557. The molecule has 1 aromatic rings. The second-order valence-corrected chi connectivity index (χ2v) is 4.93. The predicted molar refractivity (Wildman–Crippen MR) is 71.2 cm³/mol. The number of nitrogens with zero attached hydrogens (tertiary/aromatic N) is 2. The van der Waals surface area contributed by atoms with Crippen molar-refractivity contribution in [1.29, 1.82) is 0 Å². The fraction of sp³-hybridized carbons (Fsp3) is 0.500. The highest BCUT2D eigenvalue weighted by Crippen LogP contribution is 2.18. The molecule has 0 aliphatic heterocycles. The number of rotatable bonds is 7. The van der Waals surface area contributed by atoms with Crippen LogP contribution in [0, 0.1) is 10.4 Å². The first-order valence-corrected chi connectivity index (χ1v) is 5.89. The predicted octanol–water partition coefficient (Wildman–Crippen LogP) is 2.45. The molecule has 0 N–H and O–H groups in total. The van der Waals surface area contributed by atoms with E-state index in [0.29, 0.717) is 10.8 Å². The summed E-state index contributed by atoms with van der Waals surface area (Å²) in [5, 5.41) is 27.7. The highest BCUT2D eigenvalue weighted by molar-refractivity contribution is 5.46. The van der Waals surface area contributed by atoms with Gasteiger partial charge in [0.2, 0.25) is 0 Å². The smallest absolute Gasteiger partial charge is 0.0804 e. The standard InChI is InChI=1S/C12H18N2O6/c1-12(2,3)18-13(15)9-10-6-5-7-11(8-10)14(16)19-20-17-4/h5-8H,9H2,1-4H3/q-2. The molecule has 114 valence electrons. The topological polar surface area (TPSA) is 89.5 Å². The van der Waals surface area contributed by atoms with Gasteiger partial charge in [-0.1, -0.05) is 17.1 Å². The third-order valence-corrected chi connectivity index (χ3v) is 1.97. The molecule has 20 heavy (non-hydrogen) atoms. The minimum Gasteiger partial charge on any atom is -0.762 e. The molecule has 0 fully saturated rings. The normalized spacial score (nSPS) is 11.9. The van der Waals surface area contributed by atoms with E-state index in [9.17, 15) is 10.4 Å². The Kier molecular flexibility index (Phi) is 6.30. The van der Waals surface area contributed by atoms with Crippen molar-refractivity contribution in [2.24, 2.45) is 0 Å². The number of hydroxylamine groups is 2. The molecule has 0 heterocycles. The van der Waals surface area contributed by atoms with Crippen LogP contribution < -0.4 is 5.23 Å². The molecule has 0 aliphatic carbocycles. The van der Waals surface area contributed by atoms with Crippen LogP contribution in [0.3, 0.4) is 0 Å². The molecule has 0 atom stereocenters. The van der Waals surface area contributed by atoms with Gasteiger partial charge in [-0.25, -0.2) is 4.89 Å². The van der Waals surface area contributed by atoms with E-state index in [4.69, 9.17) is 4.84 Å². The molecule has 0 radical (unpaired) electrons. The Labute approximate surface area is 117 Å². The Morgan fingerprint density at radius 1 is 1.20 bits per heavy atom. The van der Waals surface area contributed by atoms with E-state index >= 15 is 0 Å². The molecule has 0 unspecified atom stereocenters. The maximum absolute atomic E-state index is 11.6. The van der Waals surface area contributed by atoms with Crippen LogP contribution in [0.4, 0.5) is 5.69 Å². The maximum atomic E-state index is 11.6. The zero-order valence-electron chi connectivity index (χ0n) is 11.9. The Morgan fingerprint density at radius 2 is 1.90 bits per heavy atom. The lowest BCUT2D eigenvalue weighted by Crippen LogP contribution is -2.29. The highest BCUT2D eigenvalue weighted by Gasteiger charge is 2.12. The van der Waals surface area contributed by atoms with E-state index in [1.165, 1.54) is 19.2 Å². The molecule has 0 spiro atoms. The summed E-state index contributed by atoms with van der Waals surface area (Å²) in [5.41, 5.74) is 0.159. The van der Waals surface area contributed by atoms with Gasteiger partial charge in [-0.3, -0.25) is 10.5 Å². The largest absolute Gasteiger partial charge is 0.762 e. The van der Waals surface area contributed by atoms with Gasteiger partial charge in [0, 0.05) is 6.54 Å². The van der Waals surface area contributed by atoms with Gasteiger partial charge in [0.25, 0.3) is 0 Å². The summed E-state index contributed by atoms with van der Waals surface area (Å²) in [6.45, 7) is 5.28. The summed E-state index contributed by atoms with van der Waals surface area (Å²) in [7, 11) is 1.20. The van der Waals surface area contributed by atoms with Gasteiger partial charge < -0.3 is 15.3 Å². The summed E-state index contributed by atoms with van der Waals surface area (Å²) >= 11 is 0. The van der Waals surface area contributed by atoms with E-state index in [1.54, 1.807) is 32.9 Å². The molecular weight excluding hydrogens is 268 g/mol. The van der Waals surface area contributed by atoms with E-state index in [2.05, 4.69) is 14.9 Å². The van der Waals surface area contributed by atoms with Gasteiger partial charge in [0.05, 0.1) is 18.4 Å². The van der Waals surface area contributed by atoms with Crippen molar-refractivity contribution < 1.29 is 19.8 Å². The van der Waals surface area contributed by atoms with Crippen molar-refractivity contribution in [3.8, 4) is 0 Å². The van der Waals surface area contributed by atoms with Crippen LogP contribution in [0.5, 0.6) is 0 Å². The Balaban J connectivity index is 2.63. The van der Waals surface area contributed by atoms with E-state index in [1.807, 2.05) is 0 Å². The summed E-state index contributed by atoms with van der Waals surface area (Å²) in [6.07, 6.45) is 0. The number of hydrogen-bond acceptors (Lipinski definition) is 8. The molecule has 0 saturated carbocycles. The third kappa shape index (κ3) is 6.26.